The van der Waals surface area contributed by atoms with Crippen LogP contribution in [0.15, 0.2) is 35.1 Å². The summed E-state index contributed by atoms with van der Waals surface area (Å²) in [4.78, 5) is 42.7. The third-order valence-corrected chi connectivity index (χ3v) is 9.18. The van der Waals surface area contributed by atoms with Gasteiger partial charge in [0, 0.05) is 34.0 Å². The van der Waals surface area contributed by atoms with Crippen molar-refractivity contribution in [3.8, 4) is 17.5 Å². The zero-order chi connectivity index (χ0) is 35.8. The Kier molecular flexibility index (Phi) is 10.8. The van der Waals surface area contributed by atoms with E-state index >= 15 is 0 Å². The number of nitrogens with zero attached hydrogens (tertiary/aromatic N) is 6. The fourth-order valence-electron chi connectivity index (χ4n) is 5.07. The maximum absolute atomic E-state index is 12.8. The molecule has 4 aromatic rings. The van der Waals surface area contributed by atoms with E-state index in [2.05, 4.69) is 24.7 Å². The van der Waals surface area contributed by atoms with Crippen LogP contribution in [0.25, 0.3) is 22.1 Å². The highest BCUT2D eigenvalue weighted by atomic mass is 127. The van der Waals surface area contributed by atoms with E-state index < -0.39 is 44.2 Å². The van der Waals surface area contributed by atoms with Gasteiger partial charge in [-0.1, -0.05) is 39.4 Å². The molecule has 0 saturated carbocycles. The van der Waals surface area contributed by atoms with E-state index in [1.807, 2.05) is 43.4 Å². The number of benzene rings is 1. The van der Waals surface area contributed by atoms with Crippen LogP contribution in [0.2, 0.25) is 0 Å². The van der Waals surface area contributed by atoms with E-state index in [1.165, 1.54) is 18.6 Å². The molecular formula is C31H39IN7O9P. The fraction of sp³-hybridized carbons (Fsp3) is 0.516. The SMILES string of the molecule is COc1nc(N)nc2c1nc(I)n2C1O[C@H](COc2ccc3cc(O[P+]([O-])=N[C@H](C(=O)OCC(C)(C)C)C(C)C)ccc3n2)[C@@H](O)[C@@]1(C)O. The Balaban J connectivity index is 1.26. The third kappa shape index (κ3) is 8.13. The Labute approximate surface area is 297 Å². The first-order valence-electron chi connectivity index (χ1n) is 15.4. The molecule has 0 amide bonds. The molecule has 1 fully saturated rings. The number of anilines is 1. The molecule has 16 nitrogen and oxygen atoms in total. The quantitative estimate of drug-likeness (QED) is 0.0855. The van der Waals surface area contributed by atoms with E-state index in [0.29, 0.717) is 20.3 Å². The molecule has 18 heteroatoms. The number of pyridine rings is 1. The summed E-state index contributed by atoms with van der Waals surface area (Å²) < 4.78 is 34.3. The first kappa shape index (κ1) is 36.8. The molecule has 0 aliphatic carbocycles. The number of nitrogens with two attached hydrogens (primary N) is 1. The van der Waals surface area contributed by atoms with Crippen molar-refractivity contribution in [2.45, 2.75) is 71.6 Å². The highest BCUT2D eigenvalue weighted by Crippen LogP contribution is 2.41. The van der Waals surface area contributed by atoms with Crippen LogP contribution in [0, 0.1) is 15.2 Å². The zero-order valence-electron chi connectivity index (χ0n) is 28.0. The lowest BCUT2D eigenvalue weighted by molar-refractivity contribution is -0.170. The molecular weight excluding hydrogens is 772 g/mol. The summed E-state index contributed by atoms with van der Waals surface area (Å²) in [6.45, 7) is 10.9. The Morgan fingerprint density at radius 2 is 1.96 bits per heavy atom. The van der Waals surface area contributed by atoms with Crippen molar-refractivity contribution in [2.24, 2.45) is 16.1 Å². The van der Waals surface area contributed by atoms with Gasteiger partial charge in [-0.25, -0.2) is 14.8 Å². The van der Waals surface area contributed by atoms with E-state index in [0.717, 1.165) is 0 Å². The van der Waals surface area contributed by atoms with Crippen LogP contribution in [0.1, 0.15) is 47.8 Å². The van der Waals surface area contributed by atoms with Crippen molar-refractivity contribution in [1.29, 1.82) is 0 Å². The predicted molar refractivity (Wildman–Crippen MR) is 186 cm³/mol. The average molecular weight is 812 g/mol. The van der Waals surface area contributed by atoms with Gasteiger partial charge in [0.1, 0.15) is 24.4 Å². The Morgan fingerprint density at radius 3 is 2.63 bits per heavy atom. The number of aromatic nitrogens is 5. The van der Waals surface area contributed by atoms with Crippen LogP contribution in [-0.4, -0.2) is 84.9 Å². The van der Waals surface area contributed by atoms with E-state index in [-0.39, 0.29) is 53.7 Å². The van der Waals surface area contributed by atoms with Gasteiger partial charge in [0.15, 0.2) is 33.0 Å². The fourth-order valence-corrected chi connectivity index (χ4v) is 6.70. The number of methoxy groups -OCH3 is 1. The molecule has 6 atom stereocenters. The number of carbonyl (C=O) groups excluding carboxylic acids is 1. The third-order valence-electron chi connectivity index (χ3n) is 7.62. The summed E-state index contributed by atoms with van der Waals surface area (Å²) in [6, 6.07) is 7.30. The second-order valence-electron chi connectivity index (χ2n) is 13.3. The van der Waals surface area contributed by atoms with Crippen LogP contribution in [0.4, 0.5) is 5.95 Å². The molecule has 1 aliphatic rings. The number of ether oxygens (including phenoxy) is 4. The monoisotopic (exact) mass is 811 g/mol. The summed E-state index contributed by atoms with van der Waals surface area (Å²) in [5.74, 6) is -0.168. The van der Waals surface area contributed by atoms with Crippen molar-refractivity contribution >= 4 is 64.7 Å². The zero-order valence-corrected chi connectivity index (χ0v) is 31.1. The number of aliphatic hydroxyl groups excluding tert-OH is 1. The highest BCUT2D eigenvalue weighted by molar-refractivity contribution is 14.1. The number of carbonyl (C=O) groups is 1. The molecule has 49 heavy (non-hydrogen) atoms. The molecule has 2 unspecified atom stereocenters. The van der Waals surface area contributed by atoms with Crippen LogP contribution >= 0.6 is 30.8 Å². The van der Waals surface area contributed by atoms with Crippen molar-refractivity contribution < 1.29 is 43.4 Å². The Bertz CT molecular complexity index is 1880. The van der Waals surface area contributed by atoms with Crippen molar-refractivity contribution in [3.05, 3.63) is 34.2 Å². The minimum atomic E-state index is -2.57. The van der Waals surface area contributed by atoms with E-state index in [1.54, 1.807) is 44.2 Å². The molecule has 5 rings (SSSR count). The van der Waals surface area contributed by atoms with Gasteiger partial charge in [-0.2, -0.15) is 9.97 Å². The first-order valence-corrected chi connectivity index (χ1v) is 17.6. The summed E-state index contributed by atoms with van der Waals surface area (Å²) in [6.07, 6.45) is -3.41. The molecule has 0 spiro atoms. The lowest BCUT2D eigenvalue weighted by atomic mass is 9.96. The van der Waals surface area contributed by atoms with E-state index in [4.69, 9.17) is 29.2 Å². The maximum Gasteiger partial charge on any atom is 0.395 e. The van der Waals surface area contributed by atoms with Crippen LogP contribution in [-0.2, 0) is 14.3 Å². The normalized spacial score (nSPS) is 22.1. The van der Waals surface area contributed by atoms with Gasteiger partial charge in [-0.15, -0.1) is 0 Å². The molecule has 4 N–H and O–H groups in total. The lowest BCUT2D eigenvalue weighted by Crippen LogP contribution is -2.45. The standard InChI is InChI=1S/C31H39IN7O9P/c1-15(2)21(26(41)46-14-30(3,4)5)38-49(43)48-17-9-10-18-16(12-17)8-11-20(34-18)45-13-19-23(40)31(6,42)27(47-19)39-24-22(35-28(39)32)25(44-7)37-29(33)36-24/h8-12,15,19,21,23,27,40,42H,13-14H2,1-7H3,(H2,33,36,37)/t19-,21+,23-,27?,31-/m1/s1. The molecule has 4 heterocycles. The largest absolute Gasteiger partial charge is 0.575 e. The van der Waals surface area contributed by atoms with Gasteiger partial charge in [-0.05, 0) is 42.5 Å². The Morgan fingerprint density at radius 1 is 1.22 bits per heavy atom. The number of rotatable bonds is 11. The number of esters is 1. The molecule has 1 aliphatic heterocycles. The van der Waals surface area contributed by atoms with Crippen molar-refractivity contribution in [2.75, 3.05) is 26.1 Å². The minimum Gasteiger partial charge on any atom is -0.575 e. The molecule has 3 aromatic heterocycles. The lowest BCUT2D eigenvalue weighted by Gasteiger charge is -2.27. The Hall–Kier alpha value is -3.48. The molecule has 0 radical (unpaired) electrons. The molecule has 0 bridgehead atoms. The highest BCUT2D eigenvalue weighted by Gasteiger charge is 2.54. The number of aliphatic hydroxyl groups is 2. The van der Waals surface area contributed by atoms with Gasteiger partial charge in [0.2, 0.25) is 17.7 Å². The minimum absolute atomic E-state index is 0.0572. The number of hydrogen-bond acceptors (Lipinski definition) is 15. The van der Waals surface area contributed by atoms with Crippen LogP contribution in [0.3, 0.4) is 0 Å². The van der Waals surface area contributed by atoms with Gasteiger partial charge >= 0.3 is 14.1 Å². The van der Waals surface area contributed by atoms with Crippen LogP contribution in [0.5, 0.6) is 17.5 Å². The van der Waals surface area contributed by atoms with Crippen molar-refractivity contribution in [1.82, 2.24) is 24.5 Å². The van der Waals surface area contributed by atoms with Gasteiger partial charge in [0.25, 0.3) is 0 Å². The topological polar surface area (TPSA) is 222 Å². The number of hydrogen-bond donors (Lipinski definition) is 3. The second kappa shape index (κ2) is 14.4. The molecule has 264 valence electrons. The maximum atomic E-state index is 12.8. The summed E-state index contributed by atoms with van der Waals surface area (Å²) in [5.41, 5.74) is 5.02. The number of nitrogen functional groups attached to an aromatic ring is 1. The summed E-state index contributed by atoms with van der Waals surface area (Å²) >= 11 is 1.97. The summed E-state index contributed by atoms with van der Waals surface area (Å²) in [7, 11) is -1.14. The van der Waals surface area contributed by atoms with Gasteiger partial charge in [-0.3, -0.25) is 9.09 Å². The van der Waals surface area contributed by atoms with Crippen molar-refractivity contribution in [3.63, 3.8) is 0 Å². The second-order valence-corrected chi connectivity index (χ2v) is 15.2. The van der Waals surface area contributed by atoms with Gasteiger partial charge < -0.3 is 39.8 Å². The number of fused-ring (bicyclic) bond motifs is 2. The number of halogens is 1. The predicted octanol–water partition coefficient (Wildman–Crippen LogP) is 3.51. The van der Waals surface area contributed by atoms with Crippen LogP contribution < -0.4 is 24.6 Å². The first-order chi connectivity index (χ1) is 23.0. The molecule has 1 aromatic carbocycles. The van der Waals surface area contributed by atoms with E-state index in [9.17, 15) is 19.9 Å². The summed E-state index contributed by atoms with van der Waals surface area (Å²) in [5, 5.41) is 23.1. The number of imidazole rings is 1. The van der Waals surface area contributed by atoms with Gasteiger partial charge in [0.05, 0.1) is 19.2 Å². The molecule has 1 saturated heterocycles. The smallest absolute Gasteiger partial charge is 0.395 e. The average Bonchev–Trinajstić information content (AvgIpc) is 3.46.